The topological polar surface area (TPSA) is 12.4 Å². The number of aliphatic imine (C=N–C) groups is 1. The van der Waals surface area contributed by atoms with Gasteiger partial charge in [-0.05, 0) is 60.1 Å². The SMILES string of the molecule is CCc1cc2sc(CC3(Cc4ccc(C(C)C)cc4)N=C3C)cc2c(Cl)c1CC. The zero-order valence-electron chi connectivity index (χ0n) is 18.1. The van der Waals surface area contributed by atoms with Gasteiger partial charge in [-0.25, -0.2) is 0 Å². The zero-order valence-corrected chi connectivity index (χ0v) is 19.7. The van der Waals surface area contributed by atoms with Gasteiger partial charge in [-0.2, -0.15) is 0 Å². The molecule has 0 amide bonds. The number of nitrogens with zero attached hydrogens (tertiary/aromatic N) is 1. The Hall–Kier alpha value is -1.64. The first kappa shape index (κ1) is 20.6. The number of hydrogen-bond donors (Lipinski definition) is 0. The summed E-state index contributed by atoms with van der Waals surface area (Å²) in [5.74, 6) is 0.571. The van der Waals surface area contributed by atoms with Gasteiger partial charge in [0.25, 0.3) is 0 Å². The van der Waals surface area contributed by atoms with Gasteiger partial charge in [0.1, 0.15) is 5.54 Å². The van der Waals surface area contributed by atoms with Crippen molar-refractivity contribution < 1.29 is 0 Å². The van der Waals surface area contributed by atoms with Crippen LogP contribution in [0.2, 0.25) is 5.02 Å². The summed E-state index contributed by atoms with van der Waals surface area (Å²) in [4.78, 5) is 6.27. The molecule has 0 spiro atoms. The third-order valence-corrected chi connectivity index (χ3v) is 7.87. The average molecular weight is 424 g/mol. The maximum absolute atomic E-state index is 6.80. The summed E-state index contributed by atoms with van der Waals surface area (Å²) in [5, 5.41) is 2.17. The van der Waals surface area contributed by atoms with Crippen LogP contribution in [0.15, 0.2) is 41.4 Å². The number of hydrogen-bond acceptors (Lipinski definition) is 2. The second kappa shape index (κ2) is 7.89. The highest BCUT2D eigenvalue weighted by atomic mass is 35.5. The highest BCUT2D eigenvalue weighted by Crippen LogP contribution is 2.41. The van der Waals surface area contributed by atoms with Crippen LogP contribution in [0.5, 0.6) is 0 Å². The van der Waals surface area contributed by atoms with Gasteiger partial charge < -0.3 is 0 Å². The molecule has 1 aliphatic rings. The van der Waals surface area contributed by atoms with Crippen LogP contribution in [0.25, 0.3) is 10.1 Å². The minimum absolute atomic E-state index is 0.0339. The first-order valence-electron chi connectivity index (χ1n) is 10.7. The minimum atomic E-state index is -0.0339. The minimum Gasteiger partial charge on any atom is -0.278 e. The number of rotatable bonds is 7. The van der Waals surface area contributed by atoms with Gasteiger partial charge in [-0.15, -0.1) is 11.3 Å². The number of aryl methyl sites for hydroxylation is 1. The number of benzene rings is 2. The number of halogens is 1. The molecule has 1 atom stereocenters. The standard InChI is InChI=1S/C26H30ClNS/c1-6-19-12-24-23(25(27)22(19)7-2)13-21(29-24)15-26(17(5)28-26)14-18-8-10-20(11-9-18)16(3)4/h8-13,16H,6-7,14-15H2,1-5H3. The van der Waals surface area contributed by atoms with Crippen LogP contribution in [0.1, 0.15) is 67.7 Å². The number of thiophene rings is 1. The summed E-state index contributed by atoms with van der Waals surface area (Å²) in [6.07, 6.45) is 3.98. The van der Waals surface area contributed by atoms with Gasteiger partial charge in [0, 0.05) is 33.5 Å². The fourth-order valence-electron chi connectivity index (χ4n) is 4.41. The van der Waals surface area contributed by atoms with E-state index >= 15 is 0 Å². The molecule has 0 saturated heterocycles. The summed E-state index contributed by atoms with van der Waals surface area (Å²) in [6.45, 7) is 11.1. The molecule has 29 heavy (non-hydrogen) atoms. The maximum atomic E-state index is 6.80. The molecule has 3 aromatic rings. The predicted molar refractivity (Wildman–Crippen MR) is 129 cm³/mol. The van der Waals surface area contributed by atoms with Crippen molar-refractivity contribution in [2.45, 2.75) is 71.8 Å². The van der Waals surface area contributed by atoms with Gasteiger partial charge in [0.05, 0.1) is 5.02 Å². The van der Waals surface area contributed by atoms with Crippen LogP contribution < -0.4 is 0 Å². The quantitative estimate of drug-likeness (QED) is 0.367. The summed E-state index contributed by atoms with van der Waals surface area (Å²) in [7, 11) is 0. The monoisotopic (exact) mass is 423 g/mol. The summed E-state index contributed by atoms with van der Waals surface area (Å²) < 4.78 is 1.31. The van der Waals surface area contributed by atoms with Crippen molar-refractivity contribution in [1.29, 1.82) is 0 Å². The van der Waals surface area contributed by atoms with E-state index in [9.17, 15) is 0 Å². The van der Waals surface area contributed by atoms with Crippen molar-refractivity contribution in [3.8, 4) is 0 Å². The lowest BCUT2D eigenvalue weighted by Crippen LogP contribution is -2.23. The van der Waals surface area contributed by atoms with Crippen LogP contribution in [0.3, 0.4) is 0 Å². The van der Waals surface area contributed by atoms with E-state index in [1.807, 2.05) is 11.3 Å². The lowest BCUT2D eigenvalue weighted by molar-refractivity contribution is 0.654. The fourth-order valence-corrected chi connectivity index (χ4v) is 6.12. The van der Waals surface area contributed by atoms with Crippen LogP contribution in [0, 0.1) is 0 Å². The molecule has 0 N–H and O–H groups in total. The largest absolute Gasteiger partial charge is 0.278 e. The third-order valence-electron chi connectivity index (χ3n) is 6.36. The molecule has 0 aliphatic carbocycles. The Morgan fingerprint density at radius 1 is 1.03 bits per heavy atom. The second-order valence-electron chi connectivity index (χ2n) is 8.64. The first-order valence-corrected chi connectivity index (χ1v) is 11.9. The molecule has 152 valence electrons. The van der Waals surface area contributed by atoms with Crippen molar-refractivity contribution in [3.63, 3.8) is 0 Å². The van der Waals surface area contributed by atoms with E-state index in [0.29, 0.717) is 5.92 Å². The van der Waals surface area contributed by atoms with Crippen molar-refractivity contribution in [2.24, 2.45) is 4.99 Å². The Labute approximate surface area is 183 Å². The molecule has 3 heteroatoms. The second-order valence-corrected chi connectivity index (χ2v) is 10.2. The molecule has 4 rings (SSSR count). The van der Waals surface area contributed by atoms with Gasteiger partial charge in [0.2, 0.25) is 0 Å². The Morgan fingerprint density at radius 3 is 2.28 bits per heavy atom. The molecule has 0 fully saturated rings. The van der Waals surface area contributed by atoms with Crippen LogP contribution in [0.4, 0.5) is 0 Å². The molecule has 2 heterocycles. The zero-order chi connectivity index (χ0) is 20.8. The molecule has 1 aliphatic heterocycles. The molecule has 1 unspecified atom stereocenters. The van der Waals surface area contributed by atoms with Gasteiger partial charge in [-0.1, -0.05) is 63.6 Å². The third kappa shape index (κ3) is 3.90. The summed E-state index contributed by atoms with van der Waals surface area (Å²) in [6, 6.07) is 13.8. The van der Waals surface area contributed by atoms with E-state index in [4.69, 9.17) is 16.6 Å². The van der Waals surface area contributed by atoms with Crippen molar-refractivity contribution >= 4 is 38.7 Å². The van der Waals surface area contributed by atoms with Gasteiger partial charge in [0.15, 0.2) is 0 Å². The first-order chi connectivity index (χ1) is 13.9. The maximum Gasteiger partial charge on any atom is 0.107 e. The van der Waals surface area contributed by atoms with E-state index in [-0.39, 0.29) is 5.54 Å². The smallest absolute Gasteiger partial charge is 0.107 e. The lowest BCUT2D eigenvalue weighted by Gasteiger charge is -2.15. The van der Waals surface area contributed by atoms with E-state index in [1.165, 1.54) is 42.9 Å². The highest BCUT2D eigenvalue weighted by Gasteiger charge is 2.44. The molecule has 1 nitrogen and oxygen atoms in total. The van der Waals surface area contributed by atoms with E-state index in [1.54, 1.807) is 0 Å². The van der Waals surface area contributed by atoms with Crippen molar-refractivity contribution in [1.82, 2.24) is 0 Å². The van der Waals surface area contributed by atoms with Crippen LogP contribution >= 0.6 is 22.9 Å². The van der Waals surface area contributed by atoms with Crippen molar-refractivity contribution in [3.05, 3.63) is 68.6 Å². The Bertz CT molecular complexity index is 1070. The molecule has 2 aromatic carbocycles. The van der Waals surface area contributed by atoms with E-state index in [2.05, 4.69) is 71.0 Å². The van der Waals surface area contributed by atoms with Crippen LogP contribution in [-0.2, 0) is 25.7 Å². The normalized spacial score (nSPS) is 18.5. The highest BCUT2D eigenvalue weighted by molar-refractivity contribution is 7.19. The molecule has 0 bridgehead atoms. The molecular weight excluding hydrogens is 394 g/mol. The fraction of sp³-hybridized carbons (Fsp3) is 0.423. The number of fused-ring (bicyclic) bond motifs is 1. The lowest BCUT2D eigenvalue weighted by atomic mass is 9.89. The van der Waals surface area contributed by atoms with Gasteiger partial charge >= 0.3 is 0 Å². The van der Waals surface area contributed by atoms with E-state index < -0.39 is 0 Å². The van der Waals surface area contributed by atoms with Gasteiger partial charge in [-0.3, -0.25) is 4.99 Å². The average Bonchev–Trinajstić information content (AvgIpc) is 3.12. The molecule has 0 saturated carbocycles. The summed E-state index contributed by atoms with van der Waals surface area (Å²) >= 11 is 8.69. The molecule has 1 aromatic heterocycles. The Morgan fingerprint density at radius 2 is 1.72 bits per heavy atom. The van der Waals surface area contributed by atoms with Crippen molar-refractivity contribution in [2.75, 3.05) is 0 Å². The van der Waals surface area contributed by atoms with Crippen LogP contribution in [-0.4, -0.2) is 11.3 Å². The molecule has 0 radical (unpaired) electrons. The predicted octanol–water partition coefficient (Wildman–Crippen LogP) is 7.80. The molecular formula is C26H30ClNS. The van der Waals surface area contributed by atoms with E-state index in [0.717, 1.165) is 30.7 Å². The Kier molecular flexibility index (Phi) is 5.61. The summed E-state index contributed by atoms with van der Waals surface area (Å²) in [5.41, 5.74) is 6.71. The Balaban J connectivity index is 1.60.